The van der Waals surface area contributed by atoms with Crippen LogP contribution < -0.4 is 0 Å². The summed E-state index contributed by atoms with van der Waals surface area (Å²) in [5, 5.41) is 3.26. The Morgan fingerprint density at radius 1 is 1.78 bits per heavy atom. The summed E-state index contributed by atoms with van der Waals surface area (Å²) >= 11 is 0. The average molecular weight is 131 g/mol. The minimum absolute atomic E-state index is 0.452. The monoisotopic (exact) mass is 131 g/mol. The number of nitrogens with zero attached hydrogens (tertiary/aromatic N) is 1. The first-order valence-electron chi connectivity index (χ1n) is 2.54. The number of carbonyl (C=O) groups is 1. The summed E-state index contributed by atoms with van der Waals surface area (Å²) < 4.78 is 4.23. The Morgan fingerprint density at radius 3 is 2.89 bits per heavy atom. The van der Waals surface area contributed by atoms with Gasteiger partial charge in [-0.1, -0.05) is 5.16 Å². The highest BCUT2D eigenvalue weighted by Gasteiger charge is 1.89. The molecular formula is C5H9NO3. The van der Waals surface area contributed by atoms with E-state index in [0.29, 0.717) is 6.61 Å². The molecule has 4 nitrogen and oxygen atoms in total. The molecule has 0 rings (SSSR count). The average Bonchev–Trinajstić information content (AvgIpc) is 1.89. The van der Waals surface area contributed by atoms with Crippen LogP contribution in [0, 0.1) is 0 Å². The lowest BCUT2D eigenvalue weighted by Gasteiger charge is -1.89. The van der Waals surface area contributed by atoms with Gasteiger partial charge < -0.3 is 9.57 Å². The van der Waals surface area contributed by atoms with Crippen LogP contribution in [0.4, 0.5) is 0 Å². The fourth-order valence-corrected chi connectivity index (χ4v) is 0.208. The van der Waals surface area contributed by atoms with Crippen LogP contribution in [0.3, 0.4) is 0 Å². The lowest BCUT2D eigenvalue weighted by Crippen LogP contribution is -2.01. The standard InChI is InChI=1S/C5H9NO3/c1-3-9-6-4-5(7)8-2/h4H,3H2,1-2H3. The van der Waals surface area contributed by atoms with Crippen LogP contribution in [0.2, 0.25) is 0 Å². The topological polar surface area (TPSA) is 47.9 Å². The summed E-state index contributed by atoms with van der Waals surface area (Å²) in [5.74, 6) is -0.511. The molecule has 0 bridgehead atoms. The van der Waals surface area contributed by atoms with Crippen molar-refractivity contribution in [3.63, 3.8) is 0 Å². The fraction of sp³-hybridized carbons (Fsp3) is 0.600. The number of methoxy groups -OCH3 is 1. The van der Waals surface area contributed by atoms with Crippen LogP contribution in [0.1, 0.15) is 6.92 Å². The zero-order valence-electron chi connectivity index (χ0n) is 5.46. The second-order valence-electron chi connectivity index (χ2n) is 1.18. The number of esters is 1. The van der Waals surface area contributed by atoms with E-state index in [4.69, 9.17) is 0 Å². The Labute approximate surface area is 53.4 Å². The van der Waals surface area contributed by atoms with Gasteiger partial charge in [-0.15, -0.1) is 0 Å². The molecule has 0 aliphatic carbocycles. The first-order chi connectivity index (χ1) is 4.31. The molecule has 0 spiro atoms. The van der Waals surface area contributed by atoms with Gasteiger partial charge in [0.15, 0.2) is 6.21 Å². The van der Waals surface area contributed by atoms with Gasteiger partial charge in [-0.25, -0.2) is 4.79 Å². The minimum Gasteiger partial charge on any atom is -0.465 e. The van der Waals surface area contributed by atoms with Crippen LogP contribution >= 0.6 is 0 Å². The minimum atomic E-state index is -0.511. The largest absolute Gasteiger partial charge is 0.465 e. The molecule has 0 aromatic rings. The van der Waals surface area contributed by atoms with Gasteiger partial charge in [-0.2, -0.15) is 0 Å². The maximum absolute atomic E-state index is 10.2. The van der Waals surface area contributed by atoms with Gasteiger partial charge in [0, 0.05) is 0 Å². The molecule has 0 saturated carbocycles. The molecule has 0 saturated heterocycles. The molecule has 0 aliphatic rings. The first kappa shape index (κ1) is 7.94. The van der Waals surface area contributed by atoms with Crippen molar-refractivity contribution in [3.8, 4) is 0 Å². The van der Waals surface area contributed by atoms with Gasteiger partial charge in [0.2, 0.25) is 0 Å². The molecule has 0 atom stereocenters. The quantitative estimate of drug-likeness (QED) is 0.312. The molecule has 0 aliphatic heterocycles. The van der Waals surface area contributed by atoms with E-state index >= 15 is 0 Å². The number of ether oxygens (including phenoxy) is 1. The van der Waals surface area contributed by atoms with Crippen molar-refractivity contribution in [2.24, 2.45) is 5.16 Å². The van der Waals surface area contributed by atoms with Crippen molar-refractivity contribution < 1.29 is 14.4 Å². The SMILES string of the molecule is CCON=CC(=O)OC. The van der Waals surface area contributed by atoms with Crippen molar-refractivity contribution in [2.75, 3.05) is 13.7 Å². The molecule has 0 amide bonds. The van der Waals surface area contributed by atoms with Crippen molar-refractivity contribution in [1.82, 2.24) is 0 Å². The highest BCUT2D eigenvalue weighted by Crippen LogP contribution is 1.72. The third-order valence-electron chi connectivity index (χ3n) is 0.563. The summed E-state index contributed by atoms with van der Waals surface area (Å²) in [6, 6.07) is 0. The van der Waals surface area contributed by atoms with E-state index in [0.717, 1.165) is 6.21 Å². The highest BCUT2D eigenvalue weighted by molar-refractivity contribution is 6.22. The van der Waals surface area contributed by atoms with Gasteiger partial charge >= 0.3 is 5.97 Å². The molecule has 0 unspecified atom stereocenters. The first-order valence-corrected chi connectivity index (χ1v) is 2.54. The van der Waals surface area contributed by atoms with Gasteiger partial charge in [0.05, 0.1) is 7.11 Å². The van der Waals surface area contributed by atoms with E-state index in [1.54, 1.807) is 6.92 Å². The maximum atomic E-state index is 10.2. The Bertz CT molecular complexity index is 111. The normalized spacial score (nSPS) is 9.56. The predicted octanol–water partition coefficient (Wildman–Crippen LogP) is 0.182. The zero-order chi connectivity index (χ0) is 7.11. The summed E-state index contributed by atoms with van der Waals surface area (Å²) in [6.07, 6.45) is 0.976. The molecule has 52 valence electrons. The van der Waals surface area contributed by atoms with Crippen LogP contribution in [-0.4, -0.2) is 25.9 Å². The summed E-state index contributed by atoms with van der Waals surface area (Å²) in [5.41, 5.74) is 0. The van der Waals surface area contributed by atoms with Crippen LogP contribution in [0.15, 0.2) is 5.16 Å². The van der Waals surface area contributed by atoms with Gasteiger partial charge in [0.1, 0.15) is 6.61 Å². The molecular weight excluding hydrogens is 122 g/mol. The highest BCUT2D eigenvalue weighted by atomic mass is 16.6. The fourth-order valence-electron chi connectivity index (χ4n) is 0.208. The second-order valence-corrected chi connectivity index (χ2v) is 1.18. The lowest BCUT2D eigenvalue weighted by molar-refractivity contribution is -0.132. The van der Waals surface area contributed by atoms with Gasteiger partial charge in [0.25, 0.3) is 0 Å². The van der Waals surface area contributed by atoms with E-state index in [1.165, 1.54) is 7.11 Å². The van der Waals surface area contributed by atoms with Gasteiger partial charge in [-0.05, 0) is 6.92 Å². The predicted molar refractivity (Wildman–Crippen MR) is 32.1 cm³/mol. The number of rotatable bonds is 3. The molecule has 0 aromatic heterocycles. The smallest absolute Gasteiger partial charge is 0.352 e. The lowest BCUT2D eigenvalue weighted by atomic mass is 10.8. The van der Waals surface area contributed by atoms with Crippen molar-refractivity contribution in [2.45, 2.75) is 6.92 Å². The molecule has 0 heterocycles. The maximum Gasteiger partial charge on any atom is 0.352 e. The summed E-state index contributed by atoms with van der Waals surface area (Å²) in [6.45, 7) is 2.22. The molecule has 0 radical (unpaired) electrons. The van der Waals surface area contributed by atoms with Crippen molar-refractivity contribution >= 4 is 12.2 Å². The van der Waals surface area contributed by atoms with E-state index in [2.05, 4.69) is 14.7 Å². The van der Waals surface area contributed by atoms with Crippen LogP contribution in [0.5, 0.6) is 0 Å². The molecule has 9 heavy (non-hydrogen) atoms. The summed E-state index contributed by atoms with van der Waals surface area (Å²) in [7, 11) is 1.28. The Balaban J connectivity index is 3.32. The zero-order valence-corrected chi connectivity index (χ0v) is 5.46. The number of carbonyl (C=O) groups excluding carboxylic acids is 1. The number of hydrogen-bond donors (Lipinski definition) is 0. The van der Waals surface area contributed by atoms with Crippen LogP contribution in [0.25, 0.3) is 0 Å². The van der Waals surface area contributed by atoms with Crippen LogP contribution in [-0.2, 0) is 14.4 Å². The molecule has 0 N–H and O–H groups in total. The van der Waals surface area contributed by atoms with Crippen molar-refractivity contribution in [1.29, 1.82) is 0 Å². The molecule has 4 heteroatoms. The van der Waals surface area contributed by atoms with Gasteiger partial charge in [-0.3, -0.25) is 0 Å². The van der Waals surface area contributed by atoms with E-state index in [1.807, 2.05) is 0 Å². The third-order valence-corrected chi connectivity index (χ3v) is 0.563. The van der Waals surface area contributed by atoms with Crippen molar-refractivity contribution in [3.05, 3.63) is 0 Å². The second kappa shape index (κ2) is 5.08. The summed E-state index contributed by atoms with van der Waals surface area (Å²) in [4.78, 5) is 14.7. The van der Waals surface area contributed by atoms with E-state index < -0.39 is 5.97 Å². The third kappa shape index (κ3) is 4.80. The Morgan fingerprint density at radius 2 is 2.44 bits per heavy atom. The van der Waals surface area contributed by atoms with E-state index in [-0.39, 0.29) is 0 Å². The molecule has 0 fully saturated rings. The number of hydrogen-bond acceptors (Lipinski definition) is 4. The Hall–Kier alpha value is -1.06. The Kier molecular flexibility index (Phi) is 4.49. The van der Waals surface area contributed by atoms with E-state index in [9.17, 15) is 4.79 Å². The molecule has 0 aromatic carbocycles. The number of oxime groups is 1.